The minimum Gasteiger partial charge on any atom is -0.448 e. The van der Waals surface area contributed by atoms with Gasteiger partial charge in [0.1, 0.15) is 23.9 Å². The molecule has 0 atom stereocenters. The predicted octanol–water partition coefficient (Wildman–Crippen LogP) is 5.15. The summed E-state index contributed by atoms with van der Waals surface area (Å²) in [6.45, 7) is 0. The Morgan fingerprint density at radius 2 is 1.45 bits per heavy atom. The first-order valence-electron chi connectivity index (χ1n) is 7.36. The third-order valence-electron chi connectivity index (χ3n) is 3.32. The van der Waals surface area contributed by atoms with Crippen LogP contribution < -0.4 is 10.1 Å². The number of alkyl halides is 3. The molecule has 146 valence electrons. The van der Waals surface area contributed by atoms with Crippen molar-refractivity contribution in [3.8, 4) is 29.7 Å². The zero-order valence-corrected chi connectivity index (χ0v) is 13.9. The molecule has 0 radical (unpaired) electrons. The summed E-state index contributed by atoms with van der Waals surface area (Å²) in [6, 6.07) is 7.15. The van der Waals surface area contributed by atoms with E-state index in [1.165, 1.54) is 18.2 Å². The van der Waals surface area contributed by atoms with E-state index in [-0.39, 0.29) is 17.8 Å². The van der Waals surface area contributed by atoms with Gasteiger partial charge in [0.15, 0.2) is 34.5 Å². The highest BCUT2D eigenvalue weighted by Crippen LogP contribution is 2.36. The summed E-state index contributed by atoms with van der Waals surface area (Å²) in [5.74, 6) is -6.55. The molecule has 0 amide bonds. The first-order chi connectivity index (χ1) is 13.6. The minimum atomic E-state index is -4.99. The molecule has 1 N–H and O–H groups in total. The smallest absolute Gasteiger partial charge is 0.416 e. The maximum absolute atomic E-state index is 14.2. The number of rotatable bonds is 4. The van der Waals surface area contributed by atoms with Gasteiger partial charge in [-0.25, -0.2) is 13.2 Å². The Hall–Kier alpha value is -4.17. The highest BCUT2D eigenvalue weighted by Gasteiger charge is 2.33. The summed E-state index contributed by atoms with van der Waals surface area (Å²) in [6.07, 6.45) is -4.99. The molecule has 0 bridgehead atoms. The molecule has 2 rings (SSSR count). The molecule has 0 aromatic heterocycles. The van der Waals surface area contributed by atoms with Crippen molar-refractivity contribution in [3.05, 3.63) is 64.6 Å². The second-order valence-corrected chi connectivity index (χ2v) is 5.22. The zero-order chi connectivity index (χ0) is 21.8. The van der Waals surface area contributed by atoms with Crippen molar-refractivity contribution in [1.82, 2.24) is 0 Å². The lowest BCUT2D eigenvalue weighted by Gasteiger charge is -2.13. The molecule has 0 spiro atoms. The van der Waals surface area contributed by atoms with Gasteiger partial charge in [-0.15, -0.1) is 0 Å². The Labute approximate surface area is 159 Å². The zero-order valence-electron chi connectivity index (χ0n) is 13.9. The molecule has 29 heavy (non-hydrogen) atoms. The van der Waals surface area contributed by atoms with Crippen molar-refractivity contribution in [3.63, 3.8) is 0 Å². The van der Waals surface area contributed by atoms with E-state index in [9.17, 15) is 26.3 Å². The molecule has 0 fully saturated rings. The van der Waals surface area contributed by atoms with Gasteiger partial charge in [-0.1, -0.05) is 0 Å². The van der Waals surface area contributed by atoms with Gasteiger partial charge in [-0.05, 0) is 24.3 Å². The monoisotopic (exact) mass is 408 g/mol. The lowest BCUT2D eigenvalue weighted by atomic mass is 10.2. The van der Waals surface area contributed by atoms with Crippen molar-refractivity contribution < 1.29 is 31.1 Å². The van der Waals surface area contributed by atoms with Gasteiger partial charge < -0.3 is 10.1 Å². The summed E-state index contributed by atoms with van der Waals surface area (Å²) in [5.41, 5.74) is -2.73. The van der Waals surface area contributed by atoms with Gasteiger partial charge in [0, 0.05) is 11.8 Å². The SMILES string of the molecule is N#CC(C#N)=C(C#N)Nc1ccc(Oc2c(F)cc(C(F)(F)F)cc2F)c(F)c1. The van der Waals surface area contributed by atoms with E-state index in [2.05, 4.69) is 5.32 Å². The van der Waals surface area contributed by atoms with Crippen LogP contribution in [0.3, 0.4) is 0 Å². The maximum Gasteiger partial charge on any atom is 0.416 e. The molecule has 0 saturated heterocycles. The van der Waals surface area contributed by atoms with Gasteiger partial charge in [0.25, 0.3) is 0 Å². The number of halogens is 6. The molecule has 5 nitrogen and oxygen atoms in total. The number of hydrogen-bond acceptors (Lipinski definition) is 5. The highest BCUT2D eigenvalue weighted by molar-refractivity contribution is 5.59. The fourth-order valence-electron chi connectivity index (χ4n) is 2.02. The molecule has 2 aromatic carbocycles. The van der Waals surface area contributed by atoms with Crippen LogP contribution in [-0.4, -0.2) is 0 Å². The minimum absolute atomic E-state index is 0.00153. The quantitative estimate of drug-likeness (QED) is 0.558. The van der Waals surface area contributed by atoms with Crippen LogP contribution in [-0.2, 0) is 6.18 Å². The molecule has 2 aromatic rings. The predicted molar refractivity (Wildman–Crippen MR) is 85.3 cm³/mol. The average molecular weight is 408 g/mol. The van der Waals surface area contributed by atoms with Crippen LogP contribution >= 0.6 is 0 Å². The number of allylic oxidation sites excluding steroid dienone is 2. The van der Waals surface area contributed by atoms with Crippen LogP contribution in [0.4, 0.5) is 32.0 Å². The van der Waals surface area contributed by atoms with Crippen molar-refractivity contribution in [2.45, 2.75) is 6.18 Å². The Morgan fingerprint density at radius 1 is 0.862 bits per heavy atom. The Kier molecular flexibility index (Phi) is 6.00. The van der Waals surface area contributed by atoms with Crippen molar-refractivity contribution in [1.29, 1.82) is 15.8 Å². The van der Waals surface area contributed by atoms with Crippen LogP contribution in [0.2, 0.25) is 0 Å². The lowest BCUT2D eigenvalue weighted by Crippen LogP contribution is -2.07. The van der Waals surface area contributed by atoms with E-state index in [0.29, 0.717) is 0 Å². The number of nitrogens with one attached hydrogen (secondary N) is 1. The van der Waals surface area contributed by atoms with Gasteiger partial charge in [0.2, 0.25) is 0 Å². The van der Waals surface area contributed by atoms with Crippen LogP contribution in [0.1, 0.15) is 5.56 Å². The molecule has 0 aliphatic heterocycles. The number of ether oxygens (including phenoxy) is 1. The van der Waals surface area contributed by atoms with E-state index in [1.54, 1.807) is 0 Å². The first-order valence-corrected chi connectivity index (χ1v) is 7.36. The summed E-state index contributed by atoms with van der Waals surface area (Å²) in [5, 5.41) is 28.7. The van der Waals surface area contributed by atoms with E-state index in [1.807, 2.05) is 0 Å². The fourth-order valence-corrected chi connectivity index (χ4v) is 2.02. The van der Waals surface area contributed by atoms with Gasteiger partial charge in [-0.3, -0.25) is 0 Å². The summed E-state index contributed by atoms with van der Waals surface area (Å²) in [7, 11) is 0. The van der Waals surface area contributed by atoms with Gasteiger partial charge in [-0.2, -0.15) is 29.0 Å². The van der Waals surface area contributed by atoms with E-state index >= 15 is 0 Å². The maximum atomic E-state index is 14.2. The Bertz CT molecular complexity index is 1080. The standard InChI is InChI=1S/C18H6F6N4O/c19-12-5-11(28-15(8-27)9(6-25)7-26)1-2-16(12)29-17-13(20)3-10(4-14(17)21)18(22,23)24/h1-5,28H. The molecule has 0 saturated carbocycles. The number of nitrogens with zero attached hydrogens (tertiary/aromatic N) is 3. The highest BCUT2D eigenvalue weighted by atomic mass is 19.4. The van der Waals surface area contributed by atoms with Crippen LogP contribution in [0, 0.1) is 51.4 Å². The van der Waals surface area contributed by atoms with Crippen LogP contribution in [0.5, 0.6) is 11.5 Å². The topological polar surface area (TPSA) is 92.6 Å². The summed E-state index contributed by atoms with van der Waals surface area (Å²) < 4.78 is 84.2. The lowest BCUT2D eigenvalue weighted by molar-refractivity contribution is -0.138. The van der Waals surface area contributed by atoms with E-state index in [0.717, 1.165) is 18.2 Å². The number of anilines is 1. The first kappa shape index (κ1) is 21.1. The largest absolute Gasteiger partial charge is 0.448 e. The molecule has 0 unspecified atom stereocenters. The van der Waals surface area contributed by atoms with Crippen LogP contribution in [0.15, 0.2) is 41.6 Å². The number of hydrogen-bond donors (Lipinski definition) is 1. The molecule has 0 aliphatic carbocycles. The molecular weight excluding hydrogens is 402 g/mol. The third-order valence-corrected chi connectivity index (χ3v) is 3.32. The molecule has 11 heteroatoms. The van der Waals surface area contributed by atoms with Crippen LogP contribution in [0.25, 0.3) is 0 Å². The third kappa shape index (κ3) is 4.76. The van der Waals surface area contributed by atoms with Gasteiger partial charge in [0.05, 0.1) is 5.56 Å². The average Bonchev–Trinajstić information content (AvgIpc) is 2.65. The number of benzene rings is 2. The van der Waals surface area contributed by atoms with Crippen molar-refractivity contribution in [2.75, 3.05) is 5.32 Å². The number of nitriles is 3. The molecule has 0 heterocycles. The van der Waals surface area contributed by atoms with Crippen molar-refractivity contribution >= 4 is 5.69 Å². The fraction of sp³-hybridized carbons (Fsp3) is 0.0556. The summed E-state index contributed by atoms with van der Waals surface area (Å²) in [4.78, 5) is 0. The molecule has 0 aliphatic rings. The second kappa shape index (κ2) is 8.24. The Balaban J connectivity index is 2.34. The van der Waals surface area contributed by atoms with E-state index in [4.69, 9.17) is 20.5 Å². The van der Waals surface area contributed by atoms with E-state index < -0.39 is 52.0 Å². The summed E-state index contributed by atoms with van der Waals surface area (Å²) >= 11 is 0. The normalized spacial score (nSPS) is 10.3. The van der Waals surface area contributed by atoms with Gasteiger partial charge >= 0.3 is 6.18 Å². The Morgan fingerprint density at radius 3 is 1.90 bits per heavy atom. The molecular formula is C18H6F6N4O. The van der Waals surface area contributed by atoms with Crippen molar-refractivity contribution in [2.24, 2.45) is 0 Å². The second-order valence-electron chi connectivity index (χ2n) is 5.22.